The van der Waals surface area contributed by atoms with Gasteiger partial charge in [0.1, 0.15) is 6.04 Å². The summed E-state index contributed by atoms with van der Waals surface area (Å²) in [7, 11) is 0. The van der Waals surface area contributed by atoms with Crippen LogP contribution in [-0.4, -0.2) is 23.9 Å². The highest BCUT2D eigenvalue weighted by Crippen LogP contribution is 2.19. The molecule has 1 aromatic rings. The summed E-state index contributed by atoms with van der Waals surface area (Å²) in [6.45, 7) is 5.85. The van der Waals surface area contributed by atoms with Gasteiger partial charge in [-0.3, -0.25) is 9.59 Å². The van der Waals surface area contributed by atoms with Gasteiger partial charge in [-0.15, -0.1) is 0 Å². The maximum Gasteiger partial charge on any atom is 0.251 e. The van der Waals surface area contributed by atoms with Gasteiger partial charge in [-0.25, -0.2) is 0 Å². The summed E-state index contributed by atoms with van der Waals surface area (Å²) in [4.78, 5) is 24.3. The van der Waals surface area contributed by atoms with Crippen LogP contribution in [0.15, 0.2) is 24.3 Å². The smallest absolute Gasteiger partial charge is 0.251 e. The third-order valence-corrected chi connectivity index (χ3v) is 3.47. The van der Waals surface area contributed by atoms with Crippen molar-refractivity contribution in [2.24, 2.45) is 5.92 Å². The SMILES string of the molecule is Cc1ccc(C(=O)N[C@H](C(=O)NC2CC2)C(C)C)cc1. The molecule has 0 bridgehead atoms. The minimum atomic E-state index is -0.482. The Morgan fingerprint density at radius 1 is 1.15 bits per heavy atom. The number of nitrogens with one attached hydrogen (secondary N) is 2. The Bertz CT molecular complexity index is 490. The van der Waals surface area contributed by atoms with E-state index in [0.717, 1.165) is 18.4 Å². The van der Waals surface area contributed by atoms with Crippen molar-refractivity contribution in [2.75, 3.05) is 0 Å². The molecule has 1 saturated carbocycles. The second-order valence-corrected chi connectivity index (χ2v) is 5.84. The van der Waals surface area contributed by atoms with Crippen LogP contribution < -0.4 is 10.6 Å². The number of benzene rings is 1. The molecular formula is C16H22N2O2. The molecule has 108 valence electrons. The maximum absolute atomic E-state index is 12.2. The number of amides is 2. The summed E-state index contributed by atoms with van der Waals surface area (Å²) in [6.07, 6.45) is 2.09. The van der Waals surface area contributed by atoms with Crippen LogP contribution in [0.2, 0.25) is 0 Å². The van der Waals surface area contributed by atoms with E-state index >= 15 is 0 Å². The average molecular weight is 274 g/mol. The Kier molecular flexibility index (Phi) is 4.42. The van der Waals surface area contributed by atoms with Crippen LogP contribution in [0, 0.1) is 12.8 Å². The van der Waals surface area contributed by atoms with Gasteiger partial charge in [-0.1, -0.05) is 31.5 Å². The highest BCUT2D eigenvalue weighted by Gasteiger charge is 2.30. The van der Waals surface area contributed by atoms with Gasteiger partial charge in [0.25, 0.3) is 5.91 Å². The Balaban J connectivity index is 2.01. The van der Waals surface area contributed by atoms with Gasteiger partial charge in [-0.05, 0) is 37.8 Å². The Morgan fingerprint density at radius 3 is 2.25 bits per heavy atom. The lowest BCUT2D eigenvalue weighted by Crippen LogP contribution is -2.50. The molecule has 0 aliphatic heterocycles. The van der Waals surface area contributed by atoms with Crippen LogP contribution in [-0.2, 0) is 4.79 Å². The molecule has 4 nitrogen and oxygen atoms in total. The summed E-state index contributed by atoms with van der Waals surface area (Å²) < 4.78 is 0. The van der Waals surface area contributed by atoms with Crippen LogP contribution in [0.3, 0.4) is 0 Å². The van der Waals surface area contributed by atoms with Crippen molar-refractivity contribution in [3.05, 3.63) is 35.4 Å². The molecule has 0 unspecified atom stereocenters. The monoisotopic (exact) mass is 274 g/mol. The van der Waals surface area contributed by atoms with E-state index in [4.69, 9.17) is 0 Å². The molecule has 0 spiro atoms. The van der Waals surface area contributed by atoms with Gasteiger partial charge in [0.2, 0.25) is 5.91 Å². The molecule has 1 atom stereocenters. The van der Waals surface area contributed by atoms with Crippen LogP contribution in [0.4, 0.5) is 0 Å². The van der Waals surface area contributed by atoms with E-state index in [2.05, 4.69) is 10.6 Å². The molecule has 1 aliphatic rings. The first-order valence-corrected chi connectivity index (χ1v) is 7.15. The lowest BCUT2D eigenvalue weighted by molar-refractivity contribution is -0.124. The average Bonchev–Trinajstić information content (AvgIpc) is 3.19. The zero-order valence-corrected chi connectivity index (χ0v) is 12.3. The van der Waals surface area contributed by atoms with Crippen molar-refractivity contribution in [3.8, 4) is 0 Å². The summed E-state index contributed by atoms with van der Waals surface area (Å²) in [6, 6.07) is 7.17. The molecule has 0 radical (unpaired) electrons. The van der Waals surface area contributed by atoms with Gasteiger partial charge < -0.3 is 10.6 Å². The lowest BCUT2D eigenvalue weighted by atomic mass is 10.0. The highest BCUT2D eigenvalue weighted by molar-refractivity contribution is 5.97. The molecule has 20 heavy (non-hydrogen) atoms. The van der Waals surface area contributed by atoms with Crippen molar-refractivity contribution in [3.63, 3.8) is 0 Å². The second kappa shape index (κ2) is 6.07. The molecule has 2 N–H and O–H groups in total. The van der Waals surface area contributed by atoms with Gasteiger partial charge in [0.05, 0.1) is 0 Å². The Morgan fingerprint density at radius 2 is 1.75 bits per heavy atom. The predicted molar refractivity (Wildman–Crippen MR) is 78.4 cm³/mol. The molecule has 1 fully saturated rings. The quantitative estimate of drug-likeness (QED) is 0.863. The number of hydrogen-bond acceptors (Lipinski definition) is 2. The Labute approximate surface area is 119 Å². The summed E-state index contributed by atoms with van der Waals surface area (Å²) in [5.41, 5.74) is 1.69. The van der Waals surface area contributed by atoms with Crippen molar-refractivity contribution < 1.29 is 9.59 Å². The second-order valence-electron chi connectivity index (χ2n) is 5.84. The number of aryl methyl sites for hydroxylation is 1. The summed E-state index contributed by atoms with van der Waals surface area (Å²) in [5.74, 6) is -0.222. The van der Waals surface area contributed by atoms with E-state index in [1.165, 1.54) is 0 Å². The molecule has 0 aromatic heterocycles. The first-order chi connectivity index (χ1) is 9.47. The van der Waals surface area contributed by atoms with E-state index in [1.54, 1.807) is 12.1 Å². The molecule has 2 rings (SSSR count). The predicted octanol–water partition coefficient (Wildman–Crippen LogP) is 2.03. The molecular weight excluding hydrogens is 252 g/mol. The van der Waals surface area contributed by atoms with E-state index < -0.39 is 6.04 Å². The zero-order chi connectivity index (χ0) is 14.7. The fourth-order valence-corrected chi connectivity index (χ4v) is 1.98. The summed E-state index contributed by atoms with van der Waals surface area (Å²) in [5, 5.41) is 5.78. The van der Waals surface area contributed by atoms with E-state index in [0.29, 0.717) is 11.6 Å². The molecule has 1 aromatic carbocycles. The molecule has 4 heteroatoms. The molecule has 1 aliphatic carbocycles. The molecule has 0 heterocycles. The number of carbonyl (C=O) groups excluding carboxylic acids is 2. The standard InChI is InChI=1S/C16H22N2O2/c1-10(2)14(16(20)17-13-8-9-13)18-15(19)12-6-4-11(3)5-7-12/h4-7,10,13-14H,8-9H2,1-3H3,(H,17,20)(H,18,19)/t14-/m0/s1. The number of hydrogen-bond donors (Lipinski definition) is 2. The maximum atomic E-state index is 12.2. The van der Waals surface area contributed by atoms with Gasteiger partial charge >= 0.3 is 0 Å². The van der Waals surface area contributed by atoms with Gasteiger partial charge in [-0.2, -0.15) is 0 Å². The first-order valence-electron chi connectivity index (χ1n) is 7.15. The minimum Gasteiger partial charge on any atom is -0.352 e. The summed E-state index contributed by atoms with van der Waals surface area (Å²) >= 11 is 0. The fourth-order valence-electron chi connectivity index (χ4n) is 1.98. The Hall–Kier alpha value is -1.84. The largest absolute Gasteiger partial charge is 0.352 e. The van der Waals surface area contributed by atoms with Crippen molar-refractivity contribution >= 4 is 11.8 Å². The number of carbonyl (C=O) groups is 2. The normalized spacial score (nSPS) is 15.8. The van der Waals surface area contributed by atoms with Crippen molar-refractivity contribution in [2.45, 2.75) is 45.7 Å². The van der Waals surface area contributed by atoms with E-state index in [-0.39, 0.29) is 17.7 Å². The highest BCUT2D eigenvalue weighted by atomic mass is 16.2. The molecule has 0 saturated heterocycles. The minimum absolute atomic E-state index is 0.0585. The van der Waals surface area contributed by atoms with E-state index in [9.17, 15) is 9.59 Å². The van der Waals surface area contributed by atoms with Gasteiger partial charge in [0, 0.05) is 11.6 Å². The lowest BCUT2D eigenvalue weighted by Gasteiger charge is -2.21. The van der Waals surface area contributed by atoms with Crippen LogP contribution in [0.5, 0.6) is 0 Å². The van der Waals surface area contributed by atoms with Crippen LogP contribution in [0.25, 0.3) is 0 Å². The van der Waals surface area contributed by atoms with E-state index in [1.807, 2.05) is 32.9 Å². The molecule has 2 amide bonds. The van der Waals surface area contributed by atoms with Crippen molar-refractivity contribution in [1.29, 1.82) is 0 Å². The van der Waals surface area contributed by atoms with Gasteiger partial charge in [0.15, 0.2) is 0 Å². The van der Waals surface area contributed by atoms with Crippen LogP contribution >= 0.6 is 0 Å². The van der Waals surface area contributed by atoms with Crippen molar-refractivity contribution in [1.82, 2.24) is 10.6 Å². The first kappa shape index (κ1) is 14.6. The van der Waals surface area contributed by atoms with Crippen LogP contribution in [0.1, 0.15) is 42.6 Å². The third kappa shape index (κ3) is 3.83. The fraction of sp³-hybridized carbons (Fsp3) is 0.500. The third-order valence-electron chi connectivity index (χ3n) is 3.47. The number of rotatable bonds is 5. The topological polar surface area (TPSA) is 58.2 Å². The zero-order valence-electron chi connectivity index (χ0n) is 12.3.